The minimum atomic E-state index is -4.30. The summed E-state index contributed by atoms with van der Waals surface area (Å²) in [7, 11) is -3.11. The number of alkyl halides is 6. The maximum Gasteiger partial charge on any atom is 0.389 e. The third-order valence-electron chi connectivity index (χ3n) is 4.99. The van der Waals surface area contributed by atoms with Gasteiger partial charge in [-0.1, -0.05) is 12.1 Å². The Hall–Kier alpha value is -1.23. The molecule has 0 aliphatic carbocycles. The van der Waals surface area contributed by atoms with Crippen molar-refractivity contribution in [1.82, 2.24) is 14.7 Å². The summed E-state index contributed by atoms with van der Waals surface area (Å²) in [6.07, 6.45) is -11.1. The van der Waals surface area contributed by atoms with Gasteiger partial charge in [-0.3, -0.25) is 0 Å². The zero-order chi connectivity index (χ0) is 32.5. The van der Waals surface area contributed by atoms with Gasteiger partial charge in [0.25, 0.3) is 0 Å². The van der Waals surface area contributed by atoms with E-state index in [0.29, 0.717) is 20.6 Å². The molecule has 0 saturated carbocycles. The average Bonchev–Trinajstić information content (AvgIpc) is 2.82. The van der Waals surface area contributed by atoms with Crippen molar-refractivity contribution in [2.75, 3.05) is 0 Å². The number of hydrogen-bond donors (Lipinski definition) is 1. The third kappa shape index (κ3) is 16.0. The van der Waals surface area contributed by atoms with Gasteiger partial charge in [0.05, 0.1) is 43.6 Å². The highest BCUT2D eigenvalue weighted by atomic mass is 79.9. The Labute approximate surface area is 264 Å². The molecule has 0 unspecified atom stereocenters. The third-order valence-corrected chi connectivity index (χ3v) is 8.92. The first-order valence-electron chi connectivity index (χ1n) is 12.5. The molecule has 2 heterocycles. The molecule has 2 rings (SSSR count). The van der Waals surface area contributed by atoms with Crippen LogP contribution < -0.4 is 4.72 Å². The second-order valence-electron chi connectivity index (χ2n) is 11.0. The van der Waals surface area contributed by atoms with E-state index in [9.17, 15) is 34.8 Å². The molecule has 16 heteroatoms. The molecule has 6 nitrogen and oxygen atoms in total. The van der Waals surface area contributed by atoms with E-state index < -0.39 is 62.7 Å². The Morgan fingerprint density at radius 2 is 1.36 bits per heavy atom. The maximum absolute atomic E-state index is 12.4. The molecular formula is C26H34Br2F6N4O2S2. The number of aromatic nitrogens is 2. The number of nitrogens with zero attached hydrogens (tertiary/aromatic N) is 3. The van der Waals surface area contributed by atoms with Crippen molar-refractivity contribution in [3.8, 4) is 0 Å². The summed E-state index contributed by atoms with van der Waals surface area (Å²) in [5.74, 6) is 0. The molecule has 2 aromatic rings. The lowest BCUT2D eigenvalue weighted by molar-refractivity contribution is -0.136. The number of halogens is 8. The first kappa shape index (κ1) is 38.8. The zero-order valence-electron chi connectivity index (χ0n) is 23.9. The second kappa shape index (κ2) is 16.2. The molecule has 0 saturated heterocycles. The molecule has 0 radical (unpaired) electrons. The molecule has 0 aliphatic heterocycles. The lowest BCUT2D eigenvalue weighted by Crippen LogP contribution is -2.36. The largest absolute Gasteiger partial charge is 0.389 e. The first-order chi connectivity index (χ1) is 19.0. The van der Waals surface area contributed by atoms with Gasteiger partial charge in [-0.25, -0.2) is 23.1 Å². The minimum absolute atomic E-state index is 0.0990. The van der Waals surface area contributed by atoms with Gasteiger partial charge < -0.3 is 0 Å². The minimum Gasteiger partial charge on any atom is -0.244 e. The smallest absolute Gasteiger partial charge is 0.244 e. The van der Waals surface area contributed by atoms with Crippen LogP contribution in [0.1, 0.15) is 84.7 Å². The summed E-state index contributed by atoms with van der Waals surface area (Å²) in [5, 5.41) is 0. The van der Waals surface area contributed by atoms with Gasteiger partial charge in [0.15, 0.2) is 0 Å². The molecule has 42 heavy (non-hydrogen) atoms. The summed E-state index contributed by atoms with van der Waals surface area (Å²) in [5.41, 5.74) is 0.833. The topological polar surface area (TPSA) is 84.3 Å². The van der Waals surface area contributed by atoms with E-state index >= 15 is 0 Å². The second-order valence-corrected chi connectivity index (χ2v) is 16.5. The highest BCUT2D eigenvalue weighted by Gasteiger charge is 2.31. The normalized spacial score (nSPS) is 15.4. The standard InChI is InChI=1S/C13H18BrF3N2OS.C13H16BrF3N2OS/c2*1-12(2,3)21(20)19-10(7-8-13(15,16)17)9-5-4-6-11(14)18-9/h4-6,10,19H,7-8H2,1-3H3;4-6H,7-8H2,1-3H3/t10-,21+;21-/m01/s1. The lowest BCUT2D eigenvalue weighted by atomic mass is 10.1. The van der Waals surface area contributed by atoms with Crippen LogP contribution in [-0.4, -0.2) is 45.9 Å². The van der Waals surface area contributed by atoms with Gasteiger partial charge in [0.1, 0.15) is 20.2 Å². The Morgan fingerprint density at radius 3 is 1.81 bits per heavy atom. The SMILES string of the molecule is CC(C)(C)[S@@](=O)N=C(CCC(F)(F)F)c1cccc(Br)n1.CC(C)(C)[S@@](=O)N[C@@H](CCC(F)(F)F)c1cccc(Br)n1. The van der Waals surface area contributed by atoms with Crippen LogP contribution in [0.4, 0.5) is 26.3 Å². The van der Waals surface area contributed by atoms with Crippen molar-refractivity contribution in [2.45, 2.75) is 95.1 Å². The Morgan fingerprint density at radius 1 is 0.833 bits per heavy atom. The van der Waals surface area contributed by atoms with Crippen LogP contribution in [0.5, 0.6) is 0 Å². The fraction of sp³-hybridized carbons (Fsp3) is 0.577. The van der Waals surface area contributed by atoms with Crippen LogP contribution in [0.2, 0.25) is 0 Å². The Bertz CT molecular complexity index is 1250. The number of pyridine rings is 2. The summed E-state index contributed by atoms with van der Waals surface area (Å²) >= 11 is 6.35. The van der Waals surface area contributed by atoms with E-state index in [1.165, 1.54) is 0 Å². The van der Waals surface area contributed by atoms with E-state index in [4.69, 9.17) is 0 Å². The van der Waals surface area contributed by atoms with Crippen molar-refractivity contribution < 1.29 is 34.8 Å². The molecule has 0 bridgehead atoms. The Kier molecular flexibility index (Phi) is 15.0. The van der Waals surface area contributed by atoms with Gasteiger partial charge in [0.2, 0.25) is 0 Å². The van der Waals surface area contributed by atoms with E-state index in [-0.39, 0.29) is 18.6 Å². The quantitative estimate of drug-likeness (QED) is 0.157. The molecule has 1 N–H and O–H groups in total. The molecule has 0 amide bonds. The predicted molar refractivity (Wildman–Crippen MR) is 163 cm³/mol. The summed E-state index contributed by atoms with van der Waals surface area (Å²) in [6, 6.07) is 9.14. The summed E-state index contributed by atoms with van der Waals surface area (Å²) in [6.45, 7) is 10.4. The van der Waals surface area contributed by atoms with Crippen LogP contribution in [-0.2, 0) is 22.0 Å². The number of rotatable bonds is 9. The molecule has 2 aromatic heterocycles. The summed E-state index contributed by atoms with van der Waals surface area (Å²) < 4.78 is 105. The molecule has 0 spiro atoms. The average molecular weight is 773 g/mol. The van der Waals surface area contributed by atoms with Crippen molar-refractivity contribution in [2.24, 2.45) is 4.40 Å². The molecular weight excluding hydrogens is 738 g/mol. The van der Waals surface area contributed by atoms with E-state index in [2.05, 4.69) is 50.9 Å². The molecule has 0 aromatic carbocycles. The highest BCUT2D eigenvalue weighted by molar-refractivity contribution is 9.10. The van der Waals surface area contributed by atoms with Gasteiger partial charge >= 0.3 is 12.4 Å². The number of nitrogens with one attached hydrogen (secondary N) is 1. The predicted octanol–water partition coefficient (Wildman–Crippen LogP) is 8.72. The zero-order valence-corrected chi connectivity index (χ0v) is 28.7. The fourth-order valence-corrected chi connectivity index (χ4v) is 5.00. The molecule has 238 valence electrons. The first-order valence-corrected chi connectivity index (χ1v) is 16.4. The van der Waals surface area contributed by atoms with Gasteiger partial charge in [0, 0.05) is 19.3 Å². The molecule has 3 atom stereocenters. The van der Waals surface area contributed by atoms with E-state index in [0.717, 1.165) is 0 Å². The fourth-order valence-electron chi connectivity index (χ4n) is 2.79. The monoisotopic (exact) mass is 770 g/mol. The highest BCUT2D eigenvalue weighted by Crippen LogP contribution is 2.29. The van der Waals surface area contributed by atoms with E-state index in [1.54, 1.807) is 77.9 Å². The molecule has 0 aliphatic rings. The van der Waals surface area contributed by atoms with Crippen LogP contribution in [0.25, 0.3) is 0 Å². The number of hydrogen-bond acceptors (Lipinski definition) is 4. The van der Waals surface area contributed by atoms with Crippen molar-refractivity contribution in [3.63, 3.8) is 0 Å². The Balaban J connectivity index is 0.000000420. The molecule has 0 fully saturated rings. The van der Waals surface area contributed by atoms with Gasteiger partial charge in [-0.2, -0.15) is 30.7 Å². The van der Waals surface area contributed by atoms with Gasteiger partial charge in [-0.05, 0) is 104 Å². The van der Waals surface area contributed by atoms with E-state index in [1.807, 2.05) is 0 Å². The lowest BCUT2D eigenvalue weighted by Gasteiger charge is -2.24. The van der Waals surface area contributed by atoms with Crippen LogP contribution in [0.15, 0.2) is 50.0 Å². The van der Waals surface area contributed by atoms with Crippen LogP contribution in [0, 0.1) is 0 Å². The summed E-state index contributed by atoms with van der Waals surface area (Å²) in [4.78, 5) is 8.26. The van der Waals surface area contributed by atoms with Crippen LogP contribution in [0.3, 0.4) is 0 Å². The van der Waals surface area contributed by atoms with Crippen molar-refractivity contribution in [3.05, 3.63) is 57.0 Å². The van der Waals surface area contributed by atoms with Crippen LogP contribution >= 0.6 is 31.9 Å². The van der Waals surface area contributed by atoms with Crippen molar-refractivity contribution in [1.29, 1.82) is 0 Å². The maximum atomic E-state index is 12.4. The van der Waals surface area contributed by atoms with Crippen molar-refractivity contribution >= 4 is 59.5 Å². The van der Waals surface area contributed by atoms with Gasteiger partial charge in [-0.15, -0.1) is 0 Å².